The average molecular weight is 1130 g/mol. The minimum absolute atomic E-state index is 0.0537. The fraction of sp³-hybridized carbons (Fsp3) is 0.507. The summed E-state index contributed by atoms with van der Waals surface area (Å²) in [6, 6.07) is 34.5. The first-order chi connectivity index (χ1) is 40.0. The molecule has 3 aromatic carbocycles. The van der Waals surface area contributed by atoms with Crippen molar-refractivity contribution in [3.63, 3.8) is 0 Å². The number of likely N-dealkylation sites (tertiary alicyclic amines) is 1. The van der Waals surface area contributed by atoms with Gasteiger partial charge in [0, 0.05) is 62.0 Å². The van der Waals surface area contributed by atoms with Crippen molar-refractivity contribution in [3.05, 3.63) is 156 Å². The van der Waals surface area contributed by atoms with Gasteiger partial charge in [0.25, 0.3) is 0 Å². The number of amides is 4. The van der Waals surface area contributed by atoms with Crippen molar-refractivity contribution in [2.45, 2.75) is 159 Å². The van der Waals surface area contributed by atoms with Crippen LogP contribution in [0.25, 0.3) is 0 Å². The number of aliphatic carboxylic acids is 1. The molecule has 0 spiro atoms. The second-order valence-electron chi connectivity index (χ2n) is 25.1. The molecule has 5 aliphatic rings. The molecule has 2 unspecified atom stereocenters. The van der Waals surface area contributed by atoms with Crippen molar-refractivity contribution in [1.82, 2.24) is 25.5 Å². The number of benzene rings is 3. The lowest BCUT2D eigenvalue weighted by Gasteiger charge is -2.63. The molecule has 2 aromatic heterocycles. The number of aliphatic hydroxyl groups is 3. The number of carbonyl (C=O) groups is 5. The third kappa shape index (κ3) is 12.8. The number of anilines is 2. The van der Waals surface area contributed by atoms with Crippen LogP contribution < -0.4 is 21.3 Å². The molecule has 4 saturated carbocycles. The van der Waals surface area contributed by atoms with Crippen molar-refractivity contribution < 1.29 is 44.4 Å². The van der Waals surface area contributed by atoms with Crippen LogP contribution >= 0.6 is 0 Å². The lowest BCUT2D eigenvalue weighted by Crippen LogP contribution is -2.63. The number of carboxylic acid groups (broad SMARTS) is 1. The number of para-hydroxylation sites is 1. The number of carboxylic acids is 1. The highest BCUT2D eigenvalue weighted by Crippen LogP contribution is 2.68. The van der Waals surface area contributed by atoms with E-state index >= 15 is 0 Å². The van der Waals surface area contributed by atoms with E-state index in [0.29, 0.717) is 73.4 Å². The Balaban J connectivity index is 0.790. The number of aliphatic hydroxyl groups excluding tert-OH is 3. The summed E-state index contributed by atoms with van der Waals surface area (Å²) in [6.45, 7) is 6.93. The molecular weight excluding hydrogens is 1050 g/mol. The second kappa shape index (κ2) is 25.9. The van der Waals surface area contributed by atoms with Crippen LogP contribution in [-0.4, -0.2) is 102 Å². The Hall–Kier alpha value is -7.01. The molecule has 8 N–H and O–H groups in total. The second-order valence-corrected chi connectivity index (χ2v) is 25.1. The highest BCUT2D eigenvalue weighted by Gasteiger charge is 2.66. The van der Waals surface area contributed by atoms with Gasteiger partial charge in [-0.2, -0.15) is 0 Å². The van der Waals surface area contributed by atoms with Crippen molar-refractivity contribution >= 4 is 41.1 Å². The first kappa shape index (κ1) is 59.2. The van der Waals surface area contributed by atoms with E-state index in [9.17, 15) is 44.4 Å². The highest BCUT2D eigenvalue weighted by atomic mass is 16.4. The molecule has 4 aliphatic carbocycles. The van der Waals surface area contributed by atoms with Crippen LogP contribution in [0.4, 0.5) is 11.5 Å². The van der Waals surface area contributed by atoms with Crippen LogP contribution in [-0.2, 0) is 30.4 Å². The molecular formula is C67H83N7O9. The summed E-state index contributed by atoms with van der Waals surface area (Å²) >= 11 is 0. The van der Waals surface area contributed by atoms with Gasteiger partial charge in [-0.15, -0.1) is 0 Å². The monoisotopic (exact) mass is 1130 g/mol. The Morgan fingerprint density at radius 2 is 1.45 bits per heavy atom. The Bertz CT molecular complexity index is 3030. The third-order valence-corrected chi connectivity index (χ3v) is 20.5. The van der Waals surface area contributed by atoms with Crippen LogP contribution in [0.1, 0.15) is 145 Å². The van der Waals surface area contributed by atoms with Gasteiger partial charge in [0.2, 0.25) is 23.6 Å². The fourth-order valence-electron chi connectivity index (χ4n) is 16.2. The number of rotatable bonds is 21. The molecule has 440 valence electrons. The topological polar surface area (TPSA) is 243 Å². The minimum Gasteiger partial charge on any atom is -0.481 e. The van der Waals surface area contributed by atoms with E-state index in [2.05, 4.69) is 47.0 Å². The van der Waals surface area contributed by atoms with Gasteiger partial charge >= 0.3 is 5.97 Å². The van der Waals surface area contributed by atoms with E-state index in [1.165, 1.54) is 0 Å². The Morgan fingerprint density at radius 1 is 0.747 bits per heavy atom. The zero-order valence-corrected chi connectivity index (χ0v) is 48.1. The summed E-state index contributed by atoms with van der Waals surface area (Å²) < 4.78 is 0. The number of nitrogens with zero attached hydrogens (tertiary/aromatic N) is 3. The summed E-state index contributed by atoms with van der Waals surface area (Å²) in [5.74, 6) is -1.63. The van der Waals surface area contributed by atoms with Crippen LogP contribution in [0.5, 0.6) is 0 Å². The third-order valence-electron chi connectivity index (χ3n) is 20.5. The lowest BCUT2D eigenvalue weighted by atomic mass is 9.43. The van der Waals surface area contributed by atoms with E-state index in [1.54, 1.807) is 23.4 Å². The highest BCUT2D eigenvalue weighted by molar-refractivity contribution is 5.99. The molecule has 5 fully saturated rings. The van der Waals surface area contributed by atoms with E-state index in [0.717, 1.165) is 31.2 Å². The van der Waals surface area contributed by atoms with Crippen LogP contribution in [0, 0.1) is 46.3 Å². The minimum atomic E-state index is -1.04. The molecule has 3 heterocycles. The maximum atomic E-state index is 14.9. The van der Waals surface area contributed by atoms with E-state index in [1.807, 2.05) is 115 Å². The smallest absolute Gasteiger partial charge is 0.303 e. The summed E-state index contributed by atoms with van der Waals surface area (Å²) in [5, 5.41) is 58.7. The molecule has 16 atom stereocenters. The molecule has 0 radical (unpaired) electrons. The standard InChI is InChI=1S/C67H83N7O9/c1-41(26-31-59(79)80)47-27-28-48-60-49(40-55(76)67(47,48)3)66(2)33-32-45(38-44(66)39-54(60)75)70-57(77)29-30-58(78)71-52(37-42-17-6-4-7-18-42)65(83)74-36-16-24-53(74)64(82)72-50-22-11-10-21-46(50)62(73-56-25-13-15-35-69-56)61(51-23-12-14-34-68-51)63(81)43-19-8-5-9-20-43/h4-15,17-23,25,34-35,41,44-45,47-49,52-55,60-63,75-76,81H,16,24,26-33,36-40H2,1-3H3,(H,69,73)(H,70,77)(H,71,78)(H,72,82)(H,79,80)/t41?,44-,45-,47+,48-,49-,52?,53-,54+,55-,60-,61+,62-,63-,66-,67+/m0/s1. The molecule has 5 aromatic rings. The SMILES string of the molecule is CC(CCC(=O)O)[C@H]1CC[C@H]2[C@@H]3[C@H](O)C[C@@H]4C[C@@H](NC(=O)CCC(=O)NC(Cc5ccccc5)C(=O)N5CCC[C@H]5C(=O)Nc5ccccc5[C@H](Nc5ccccn5)[C@@H](c5ccccn5)[C@@H](O)c5ccccc5)CC[C@]4(C)[C@H]3C[C@H](O)[C@]12C. The van der Waals surface area contributed by atoms with Gasteiger partial charge in [-0.25, -0.2) is 4.98 Å². The lowest BCUT2D eigenvalue weighted by molar-refractivity contribution is -0.202. The van der Waals surface area contributed by atoms with Crippen LogP contribution in [0.3, 0.4) is 0 Å². The van der Waals surface area contributed by atoms with Crippen LogP contribution in [0.2, 0.25) is 0 Å². The molecule has 4 amide bonds. The fourth-order valence-corrected chi connectivity index (χ4v) is 16.2. The molecule has 83 heavy (non-hydrogen) atoms. The van der Waals surface area contributed by atoms with Gasteiger partial charge < -0.3 is 46.6 Å². The molecule has 16 heteroatoms. The summed E-state index contributed by atoms with van der Waals surface area (Å²) in [6.07, 6.45) is 8.15. The number of hydrogen-bond acceptors (Lipinski definition) is 11. The first-order valence-corrected chi connectivity index (χ1v) is 30.3. The number of fused-ring (bicyclic) bond motifs is 5. The quantitative estimate of drug-likeness (QED) is 0.0343. The molecule has 10 rings (SSSR count). The number of aromatic nitrogens is 2. The molecule has 1 aliphatic heterocycles. The van der Waals surface area contributed by atoms with E-state index in [4.69, 9.17) is 4.98 Å². The first-order valence-electron chi connectivity index (χ1n) is 30.3. The Labute approximate surface area is 487 Å². The summed E-state index contributed by atoms with van der Waals surface area (Å²) in [5.41, 5.74) is 2.74. The molecule has 1 saturated heterocycles. The van der Waals surface area contributed by atoms with E-state index < -0.39 is 66.0 Å². The van der Waals surface area contributed by atoms with Crippen LogP contribution in [0.15, 0.2) is 134 Å². The van der Waals surface area contributed by atoms with Gasteiger partial charge in [-0.3, -0.25) is 29.0 Å². The van der Waals surface area contributed by atoms with Gasteiger partial charge in [0.1, 0.15) is 17.9 Å². The molecule has 0 bridgehead atoms. The predicted molar refractivity (Wildman–Crippen MR) is 316 cm³/mol. The van der Waals surface area contributed by atoms with E-state index in [-0.39, 0.29) is 84.0 Å². The van der Waals surface area contributed by atoms with Gasteiger partial charge in [-0.05, 0) is 158 Å². The van der Waals surface area contributed by atoms with Crippen molar-refractivity contribution in [2.24, 2.45) is 46.3 Å². The average Bonchev–Trinajstić information content (AvgIpc) is 3.87. The summed E-state index contributed by atoms with van der Waals surface area (Å²) in [7, 11) is 0. The summed E-state index contributed by atoms with van der Waals surface area (Å²) in [4.78, 5) is 79.6. The van der Waals surface area contributed by atoms with Gasteiger partial charge in [-0.1, -0.05) is 112 Å². The zero-order chi connectivity index (χ0) is 58.4. The van der Waals surface area contributed by atoms with Gasteiger partial charge in [0.05, 0.1) is 30.3 Å². The molecule has 16 nitrogen and oxygen atoms in total. The Morgan fingerprint density at radius 3 is 2.17 bits per heavy atom. The number of hydrogen-bond donors (Lipinski definition) is 8. The van der Waals surface area contributed by atoms with Crippen molar-refractivity contribution in [3.8, 4) is 0 Å². The number of nitrogens with one attached hydrogen (secondary N) is 4. The number of carbonyl (C=O) groups excluding carboxylic acids is 4. The van der Waals surface area contributed by atoms with Crippen molar-refractivity contribution in [2.75, 3.05) is 17.2 Å². The van der Waals surface area contributed by atoms with Gasteiger partial charge in [0.15, 0.2) is 0 Å². The zero-order valence-electron chi connectivity index (χ0n) is 48.1. The largest absolute Gasteiger partial charge is 0.481 e. The van der Waals surface area contributed by atoms with Crippen molar-refractivity contribution in [1.29, 1.82) is 0 Å². The maximum absolute atomic E-state index is 14.9. The normalized spacial score (nSPS) is 29.1. The Kier molecular flexibility index (Phi) is 18.4. The number of pyridine rings is 2. The predicted octanol–water partition coefficient (Wildman–Crippen LogP) is 9.17. The maximum Gasteiger partial charge on any atom is 0.303 e.